The topological polar surface area (TPSA) is 76.6 Å². The molecule has 0 radical (unpaired) electrons. The molecule has 1 aliphatic rings. The van der Waals surface area contributed by atoms with E-state index in [1.165, 1.54) is 11.8 Å². The molecule has 0 spiro atoms. The molecule has 2 amide bonds. The molecule has 0 aliphatic carbocycles. The van der Waals surface area contributed by atoms with Gasteiger partial charge in [0, 0.05) is 31.0 Å². The molecule has 0 unspecified atom stereocenters. The second kappa shape index (κ2) is 6.33. The second-order valence-electron chi connectivity index (χ2n) is 3.89. The molecular formula is C12H12N2O4S. The van der Waals surface area contributed by atoms with Crippen molar-refractivity contribution >= 4 is 29.5 Å². The highest BCUT2D eigenvalue weighted by Crippen LogP contribution is 2.15. The predicted octanol–water partition coefficient (Wildman–Crippen LogP) is 0.922. The number of nitrogens with zero attached hydrogens (tertiary/aromatic N) is 2. The lowest BCUT2D eigenvalue weighted by molar-refractivity contribution is -0.195. The monoisotopic (exact) mass is 280 g/mol. The van der Waals surface area contributed by atoms with E-state index < -0.39 is 17.8 Å². The largest absolute Gasteiger partial charge is 0.343 e. The number of thioether (sulfide) groups is 1. The zero-order valence-corrected chi connectivity index (χ0v) is 10.9. The smallest absolute Gasteiger partial charge is 0.329 e. The summed E-state index contributed by atoms with van der Waals surface area (Å²) >= 11 is 1.35. The van der Waals surface area contributed by atoms with E-state index in [4.69, 9.17) is 4.84 Å². The van der Waals surface area contributed by atoms with E-state index in [1.54, 1.807) is 12.4 Å². The lowest BCUT2D eigenvalue weighted by Gasteiger charge is -2.12. The van der Waals surface area contributed by atoms with Crippen molar-refractivity contribution in [2.75, 3.05) is 5.75 Å². The third-order valence-corrected chi connectivity index (χ3v) is 3.41. The summed E-state index contributed by atoms with van der Waals surface area (Å²) in [5, 5.41) is 0.565. The molecule has 1 saturated heterocycles. The van der Waals surface area contributed by atoms with Crippen LogP contribution in [-0.4, -0.2) is 33.6 Å². The van der Waals surface area contributed by atoms with Gasteiger partial charge < -0.3 is 4.84 Å². The lowest BCUT2D eigenvalue weighted by atomic mass is 10.3. The summed E-state index contributed by atoms with van der Waals surface area (Å²) in [6, 6.07) is 3.71. The molecule has 0 bridgehead atoms. The van der Waals surface area contributed by atoms with Crippen LogP contribution in [0, 0.1) is 0 Å². The summed E-state index contributed by atoms with van der Waals surface area (Å²) in [5.41, 5.74) is 1.04. The summed E-state index contributed by atoms with van der Waals surface area (Å²) in [6.07, 6.45) is 3.57. The number of carbonyl (C=O) groups is 3. The third kappa shape index (κ3) is 3.78. The van der Waals surface area contributed by atoms with Crippen LogP contribution in [0.4, 0.5) is 0 Å². The van der Waals surface area contributed by atoms with Gasteiger partial charge >= 0.3 is 5.97 Å². The van der Waals surface area contributed by atoms with Crippen LogP contribution < -0.4 is 0 Å². The fraction of sp³-hybridized carbons (Fsp3) is 0.333. The van der Waals surface area contributed by atoms with Gasteiger partial charge in [0.2, 0.25) is 0 Å². The molecule has 0 N–H and O–H groups in total. The van der Waals surface area contributed by atoms with Crippen LogP contribution in [0.5, 0.6) is 0 Å². The van der Waals surface area contributed by atoms with Crippen molar-refractivity contribution in [1.29, 1.82) is 0 Å². The number of hydrogen-bond donors (Lipinski definition) is 0. The Morgan fingerprint density at radius 3 is 2.53 bits per heavy atom. The minimum Gasteiger partial charge on any atom is -0.329 e. The Labute approximate surface area is 114 Å². The van der Waals surface area contributed by atoms with Gasteiger partial charge in [-0.05, 0) is 17.7 Å². The van der Waals surface area contributed by atoms with E-state index in [1.807, 2.05) is 12.1 Å². The first-order valence-corrected chi connectivity index (χ1v) is 6.85. The van der Waals surface area contributed by atoms with E-state index in [2.05, 4.69) is 4.98 Å². The van der Waals surface area contributed by atoms with Crippen molar-refractivity contribution in [3.63, 3.8) is 0 Å². The Bertz CT molecular complexity index is 476. The van der Waals surface area contributed by atoms with Gasteiger partial charge in [0.1, 0.15) is 0 Å². The number of amides is 2. The molecule has 2 rings (SSSR count). The number of imide groups is 1. The van der Waals surface area contributed by atoms with Crippen molar-refractivity contribution in [3.8, 4) is 0 Å². The highest BCUT2D eigenvalue weighted by molar-refractivity contribution is 7.99. The van der Waals surface area contributed by atoms with Gasteiger partial charge in [0.15, 0.2) is 0 Å². The minimum absolute atomic E-state index is 0.0827. The first-order valence-electron chi connectivity index (χ1n) is 5.70. The van der Waals surface area contributed by atoms with Gasteiger partial charge in [-0.15, -0.1) is 16.8 Å². The van der Waals surface area contributed by atoms with Crippen LogP contribution in [0.1, 0.15) is 18.4 Å². The van der Waals surface area contributed by atoms with Gasteiger partial charge in [-0.25, -0.2) is 4.79 Å². The molecule has 100 valence electrons. The van der Waals surface area contributed by atoms with E-state index in [0.29, 0.717) is 10.8 Å². The Morgan fingerprint density at radius 1 is 1.26 bits per heavy atom. The molecule has 1 aliphatic heterocycles. The number of hydroxylamine groups is 2. The maximum absolute atomic E-state index is 11.5. The van der Waals surface area contributed by atoms with Crippen LogP contribution in [0.25, 0.3) is 0 Å². The maximum Gasteiger partial charge on any atom is 0.343 e. The van der Waals surface area contributed by atoms with Gasteiger partial charge in [-0.3, -0.25) is 14.6 Å². The SMILES string of the molecule is O=C(CSCc1ccncc1)ON1C(=O)CCC1=O. The first-order chi connectivity index (χ1) is 9.16. The molecule has 2 heterocycles. The molecular weight excluding hydrogens is 268 g/mol. The van der Waals surface area contributed by atoms with Crippen LogP contribution in [-0.2, 0) is 25.0 Å². The molecule has 7 heteroatoms. The van der Waals surface area contributed by atoms with Crippen molar-refractivity contribution in [3.05, 3.63) is 30.1 Å². The lowest BCUT2D eigenvalue weighted by Crippen LogP contribution is -2.32. The number of rotatable bonds is 5. The number of pyridine rings is 1. The summed E-state index contributed by atoms with van der Waals surface area (Å²) in [5.74, 6) is -0.795. The molecule has 6 nitrogen and oxygen atoms in total. The Morgan fingerprint density at radius 2 is 1.89 bits per heavy atom. The Hall–Kier alpha value is -1.89. The van der Waals surface area contributed by atoms with Crippen LogP contribution in [0.3, 0.4) is 0 Å². The predicted molar refractivity (Wildman–Crippen MR) is 67.6 cm³/mol. The fourth-order valence-electron chi connectivity index (χ4n) is 1.52. The fourth-order valence-corrected chi connectivity index (χ4v) is 2.27. The standard InChI is InChI=1S/C12H12N2O4S/c15-10-1-2-11(16)14(10)18-12(17)8-19-7-9-3-5-13-6-4-9/h3-6H,1-2,7-8H2. The number of hydrogen-bond acceptors (Lipinski definition) is 6. The number of aromatic nitrogens is 1. The molecule has 0 aromatic carbocycles. The Kier molecular flexibility index (Phi) is 4.51. The average molecular weight is 280 g/mol. The highest BCUT2D eigenvalue weighted by Gasteiger charge is 2.32. The zero-order valence-electron chi connectivity index (χ0n) is 10.1. The van der Waals surface area contributed by atoms with E-state index in [9.17, 15) is 14.4 Å². The van der Waals surface area contributed by atoms with Gasteiger partial charge in [-0.1, -0.05) is 0 Å². The Balaban J connectivity index is 1.73. The van der Waals surface area contributed by atoms with E-state index in [0.717, 1.165) is 5.56 Å². The minimum atomic E-state index is -0.595. The summed E-state index contributed by atoms with van der Waals surface area (Å²) < 4.78 is 0. The van der Waals surface area contributed by atoms with Crippen LogP contribution in [0.2, 0.25) is 0 Å². The summed E-state index contributed by atoms with van der Waals surface area (Å²) in [4.78, 5) is 42.6. The maximum atomic E-state index is 11.5. The van der Waals surface area contributed by atoms with Gasteiger partial charge in [0.25, 0.3) is 11.8 Å². The van der Waals surface area contributed by atoms with Gasteiger partial charge in [-0.2, -0.15) is 0 Å². The van der Waals surface area contributed by atoms with Crippen molar-refractivity contribution in [2.45, 2.75) is 18.6 Å². The summed E-state index contributed by atoms with van der Waals surface area (Å²) in [6.45, 7) is 0. The molecule has 19 heavy (non-hydrogen) atoms. The molecule has 1 aromatic heterocycles. The quantitative estimate of drug-likeness (QED) is 0.747. The molecule has 0 atom stereocenters. The number of carbonyl (C=O) groups excluding carboxylic acids is 3. The highest BCUT2D eigenvalue weighted by atomic mass is 32.2. The molecule has 1 aromatic rings. The van der Waals surface area contributed by atoms with Crippen molar-refractivity contribution in [2.24, 2.45) is 0 Å². The zero-order chi connectivity index (χ0) is 13.7. The first kappa shape index (κ1) is 13.5. The van der Waals surface area contributed by atoms with Crippen LogP contribution in [0.15, 0.2) is 24.5 Å². The second-order valence-corrected chi connectivity index (χ2v) is 4.88. The average Bonchev–Trinajstić information content (AvgIpc) is 2.72. The molecule has 0 saturated carbocycles. The summed E-state index contributed by atoms with van der Waals surface area (Å²) in [7, 11) is 0. The normalized spacial score (nSPS) is 14.8. The molecule has 1 fully saturated rings. The van der Waals surface area contributed by atoms with Crippen molar-refractivity contribution in [1.82, 2.24) is 10.0 Å². The van der Waals surface area contributed by atoms with Gasteiger partial charge in [0.05, 0.1) is 5.75 Å². The van der Waals surface area contributed by atoms with Crippen molar-refractivity contribution < 1.29 is 19.2 Å². The van der Waals surface area contributed by atoms with E-state index in [-0.39, 0.29) is 18.6 Å². The van der Waals surface area contributed by atoms with Crippen LogP contribution >= 0.6 is 11.8 Å². The van der Waals surface area contributed by atoms with E-state index >= 15 is 0 Å². The third-order valence-electron chi connectivity index (χ3n) is 2.44.